The maximum Gasteiger partial charge on any atom is 0.272 e. The van der Waals surface area contributed by atoms with Crippen molar-refractivity contribution < 1.29 is 4.79 Å². The van der Waals surface area contributed by atoms with Gasteiger partial charge in [0.05, 0.1) is 0 Å². The summed E-state index contributed by atoms with van der Waals surface area (Å²) in [6.07, 6.45) is 0. The second kappa shape index (κ2) is 9.28. The lowest BCUT2D eigenvalue weighted by Crippen LogP contribution is -2.45. The molecule has 1 amide bonds. The number of nitrogens with zero attached hydrogens (tertiary/aromatic N) is 3. The minimum absolute atomic E-state index is 0.0760. The molecule has 1 N–H and O–H groups in total. The molecule has 1 aliphatic heterocycles. The first-order chi connectivity index (χ1) is 14.6. The van der Waals surface area contributed by atoms with Crippen LogP contribution in [0.15, 0.2) is 66.7 Å². The fourth-order valence-corrected chi connectivity index (χ4v) is 3.94. The number of aryl methyl sites for hydroxylation is 1. The monoisotopic (exact) mass is 402 g/mol. The van der Waals surface area contributed by atoms with E-state index < -0.39 is 0 Å². The summed E-state index contributed by atoms with van der Waals surface area (Å²) >= 11 is 0. The number of aromatic nitrogens is 1. The SMILES string of the molecule is Cc1ccc(C(=O)Nc2ccc(CN3CCN(Cc4ccccc4)CC3)cc2)n1C. The van der Waals surface area contributed by atoms with Crippen LogP contribution in [0.3, 0.4) is 0 Å². The van der Waals surface area contributed by atoms with Gasteiger partial charge in [-0.15, -0.1) is 0 Å². The third-order valence-corrected chi connectivity index (χ3v) is 5.94. The normalized spacial score (nSPS) is 15.3. The molecular weight excluding hydrogens is 372 g/mol. The Balaban J connectivity index is 1.26. The fraction of sp³-hybridized carbons (Fsp3) is 0.320. The van der Waals surface area contributed by atoms with Crippen molar-refractivity contribution >= 4 is 11.6 Å². The van der Waals surface area contributed by atoms with Crippen LogP contribution < -0.4 is 5.32 Å². The Labute approximate surface area is 178 Å². The Kier molecular flexibility index (Phi) is 6.31. The summed E-state index contributed by atoms with van der Waals surface area (Å²) in [5, 5.41) is 2.99. The van der Waals surface area contributed by atoms with Crippen molar-refractivity contribution in [3.8, 4) is 0 Å². The van der Waals surface area contributed by atoms with E-state index in [2.05, 4.69) is 57.6 Å². The molecule has 0 bridgehead atoms. The number of carbonyl (C=O) groups excluding carboxylic acids is 1. The molecule has 0 saturated carbocycles. The molecule has 0 atom stereocenters. The van der Waals surface area contributed by atoms with Gasteiger partial charge in [0.15, 0.2) is 0 Å². The molecule has 30 heavy (non-hydrogen) atoms. The highest BCUT2D eigenvalue weighted by atomic mass is 16.1. The van der Waals surface area contributed by atoms with Crippen molar-refractivity contribution in [2.75, 3.05) is 31.5 Å². The van der Waals surface area contributed by atoms with Crippen LogP contribution in [0.5, 0.6) is 0 Å². The van der Waals surface area contributed by atoms with E-state index in [1.165, 1.54) is 11.1 Å². The van der Waals surface area contributed by atoms with Crippen LogP contribution in [0.1, 0.15) is 27.3 Å². The van der Waals surface area contributed by atoms with E-state index in [1.54, 1.807) is 0 Å². The van der Waals surface area contributed by atoms with Crippen LogP contribution in [-0.4, -0.2) is 46.5 Å². The van der Waals surface area contributed by atoms with Gasteiger partial charge in [-0.3, -0.25) is 14.6 Å². The molecule has 0 spiro atoms. The zero-order valence-corrected chi connectivity index (χ0v) is 17.8. The number of nitrogens with one attached hydrogen (secondary N) is 1. The lowest BCUT2D eigenvalue weighted by atomic mass is 10.1. The van der Waals surface area contributed by atoms with Crippen molar-refractivity contribution in [2.45, 2.75) is 20.0 Å². The van der Waals surface area contributed by atoms with Crippen LogP contribution in [0.4, 0.5) is 5.69 Å². The topological polar surface area (TPSA) is 40.5 Å². The summed E-state index contributed by atoms with van der Waals surface area (Å²) in [6.45, 7) is 8.33. The third-order valence-electron chi connectivity index (χ3n) is 5.94. The molecule has 1 aliphatic rings. The lowest BCUT2D eigenvalue weighted by Gasteiger charge is -2.34. The van der Waals surface area contributed by atoms with E-state index in [1.807, 2.05) is 42.8 Å². The maximum atomic E-state index is 12.5. The van der Waals surface area contributed by atoms with Crippen LogP contribution in [0.25, 0.3) is 0 Å². The Morgan fingerprint density at radius 2 is 1.37 bits per heavy atom. The summed E-state index contributed by atoms with van der Waals surface area (Å²) in [5.41, 5.74) is 5.23. The van der Waals surface area contributed by atoms with Gasteiger partial charge in [0.1, 0.15) is 5.69 Å². The number of piperazine rings is 1. The molecule has 0 aliphatic carbocycles. The minimum Gasteiger partial charge on any atom is -0.344 e. The molecule has 3 aromatic rings. The molecule has 5 heteroatoms. The molecule has 1 aromatic heterocycles. The highest BCUT2D eigenvalue weighted by Gasteiger charge is 2.17. The van der Waals surface area contributed by atoms with Gasteiger partial charge in [0.2, 0.25) is 0 Å². The van der Waals surface area contributed by atoms with Crippen LogP contribution in [0, 0.1) is 6.92 Å². The second-order valence-electron chi connectivity index (χ2n) is 8.11. The third kappa shape index (κ3) is 4.99. The van der Waals surface area contributed by atoms with Crippen molar-refractivity contribution in [3.05, 3.63) is 89.2 Å². The smallest absolute Gasteiger partial charge is 0.272 e. The highest BCUT2D eigenvalue weighted by molar-refractivity contribution is 6.03. The minimum atomic E-state index is -0.0760. The zero-order chi connectivity index (χ0) is 20.9. The molecule has 1 fully saturated rings. The summed E-state index contributed by atoms with van der Waals surface area (Å²) in [5.74, 6) is -0.0760. The average Bonchev–Trinajstić information content (AvgIpc) is 3.10. The number of benzene rings is 2. The number of hydrogen-bond acceptors (Lipinski definition) is 3. The van der Waals surface area contributed by atoms with Crippen molar-refractivity contribution in [1.29, 1.82) is 0 Å². The molecule has 4 rings (SSSR count). The maximum absolute atomic E-state index is 12.5. The quantitative estimate of drug-likeness (QED) is 0.680. The zero-order valence-electron chi connectivity index (χ0n) is 17.8. The van der Waals surface area contributed by atoms with Gasteiger partial charge in [0, 0.05) is 57.7 Å². The molecule has 156 valence electrons. The predicted octanol–water partition coefficient (Wildman–Crippen LogP) is 3.90. The van der Waals surface area contributed by atoms with Crippen LogP contribution in [-0.2, 0) is 20.1 Å². The van der Waals surface area contributed by atoms with E-state index in [4.69, 9.17) is 0 Å². The lowest BCUT2D eigenvalue weighted by molar-refractivity contribution is 0.101. The van der Waals surface area contributed by atoms with E-state index in [0.29, 0.717) is 5.69 Å². The highest BCUT2D eigenvalue weighted by Crippen LogP contribution is 2.16. The molecule has 5 nitrogen and oxygen atoms in total. The molecular formula is C25H30N4O. The summed E-state index contributed by atoms with van der Waals surface area (Å²) in [6, 6.07) is 22.7. The number of anilines is 1. The summed E-state index contributed by atoms with van der Waals surface area (Å²) in [7, 11) is 1.91. The van der Waals surface area contributed by atoms with Crippen LogP contribution in [0.2, 0.25) is 0 Å². The largest absolute Gasteiger partial charge is 0.344 e. The average molecular weight is 403 g/mol. The first-order valence-corrected chi connectivity index (χ1v) is 10.6. The Morgan fingerprint density at radius 1 is 0.800 bits per heavy atom. The van der Waals surface area contributed by atoms with E-state index >= 15 is 0 Å². The van der Waals surface area contributed by atoms with Crippen LogP contribution >= 0.6 is 0 Å². The Bertz CT molecular complexity index is 970. The number of carbonyl (C=O) groups is 1. The standard InChI is InChI=1S/C25H30N4O/c1-20-8-13-24(27(20)2)25(30)26-23-11-9-22(10-12-23)19-29-16-14-28(15-17-29)18-21-6-4-3-5-7-21/h3-13H,14-19H2,1-2H3,(H,26,30). The number of amides is 1. The molecule has 1 saturated heterocycles. The Morgan fingerprint density at radius 3 is 1.90 bits per heavy atom. The summed E-state index contributed by atoms with van der Waals surface area (Å²) < 4.78 is 1.90. The van der Waals surface area contributed by atoms with Gasteiger partial charge in [0.25, 0.3) is 5.91 Å². The van der Waals surface area contributed by atoms with Crippen molar-refractivity contribution in [2.24, 2.45) is 7.05 Å². The van der Waals surface area contributed by atoms with Gasteiger partial charge in [-0.25, -0.2) is 0 Å². The first kappa shape index (κ1) is 20.4. The van der Waals surface area contributed by atoms with Gasteiger partial charge in [-0.1, -0.05) is 42.5 Å². The Hall–Kier alpha value is -2.89. The van der Waals surface area contributed by atoms with E-state index in [-0.39, 0.29) is 5.91 Å². The molecule has 0 unspecified atom stereocenters. The van der Waals surface area contributed by atoms with Crippen molar-refractivity contribution in [3.63, 3.8) is 0 Å². The fourth-order valence-electron chi connectivity index (χ4n) is 3.94. The molecule has 2 heterocycles. The molecule has 2 aromatic carbocycles. The van der Waals surface area contributed by atoms with Gasteiger partial charge >= 0.3 is 0 Å². The number of hydrogen-bond donors (Lipinski definition) is 1. The second-order valence-corrected chi connectivity index (χ2v) is 8.11. The van der Waals surface area contributed by atoms with Gasteiger partial charge in [-0.2, -0.15) is 0 Å². The van der Waals surface area contributed by atoms with Gasteiger partial charge < -0.3 is 9.88 Å². The summed E-state index contributed by atoms with van der Waals surface area (Å²) in [4.78, 5) is 17.5. The van der Waals surface area contributed by atoms with Crippen molar-refractivity contribution in [1.82, 2.24) is 14.4 Å². The van der Waals surface area contributed by atoms with E-state index in [0.717, 1.165) is 50.6 Å². The molecule has 0 radical (unpaired) electrons. The predicted molar refractivity (Wildman–Crippen MR) is 122 cm³/mol. The first-order valence-electron chi connectivity index (χ1n) is 10.6. The van der Waals surface area contributed by atoms with E-state index in [9.17, 15) is 4.79 Å². The number of rotatable bonds is 6. The van der Waals surface area contributed by atoms with Gasteiger partial charge in [-0.05, 0) is 42.3 Å².